The molecular weight excluding hydrogens is 315 g/mol. The summed E-state index contributed by atoms with van der Waals surface area (Å²) < 4.78 is 0. The van der Waals surface area contributed by atoms with Gasteiger partial charge in [0.25, 0.3) is 0 Å². The molecule has 1 aromatic carbocycles. The molecule has 1 rings (SSSR count). The Balaban J connectivity index is 2.52. The molecule has 0 radical (unpaired) electrons. The first-order valence-corrected chi connectivity index (χ1v) is 8.98. The van der Waals surface area contributed by atoms with Crippen LogP contribution in [0.1, 0.15) is 37.8 Å². The van der Waals surface area contributed by atoms with Crippen LogP contribution >= 0.6 is 0 Å². The van der Waals surface area contributed by atoms with E-state index in [0.717, 1.165) is 17.3 Å². The van der Waals surface area contributed by atoms with E-state index in [4.69, 9.17) is 5.26 Å². The summed E-state index contributed by atoms with van der Waals surface area (Å²) in [7, 11) is 0. The molecule has 108 valence electrons. The van der Waals surface area contributed by atoms with Crippen LogP contribution in [-0.4, -0.2) is 27.4 Å². The fraction of sp³-hybridized carbons (Fsp3) is 0.500. The van der Waals surface area contributed by atoms with Crippen molar-refractivity contribution in [2.24, 2.45) is 5.92 Å². The molecule has 0 spiro atoms. The van der Waals surface area contributed by atoms with Crippen LogP contribution in [0.15, 0.2) is 24.3 Å². The Morgan fingerprint density at radius 2 is 1.95 bits per heavy atom. The van der Waals surface area contributed by atoms with E-state index in [2.05, 4.69) is 36.3 Å². The second-order valence-electron chi connectivity index (χ2n) is 5.29. The van der Waals surface area contributed by atoms with Gasteiger partial charge < -0.3 is 0 Å². The molecule has 0 aliphatic rings. The Bertz CT molecular complexity index is 462. The SMILES string of the molecule is CC(C)Cc1ccc(C(C)C(=O)NCC[Se]C#N)cc1. The summed E-state index contributed by atoms with van der Waals surface area (Å²) in [6.45, 7) is 6.92. The number of carbonyl (C=O) groups is 1. The molecule has 1 unspecified atom stereocenters. The van der Waals surface area contributed by atoms with Gasteiger partial charge in [-0.3, -0.25) is 0 Å². The molecule has 0 saturated carbocycles. The number of nitriles is 1. The zero-order chi connectivity index (χ0) is 15.0. The first-order chi connectivity index (χ1) is 9.54. The maximum absolute atomic E-state index is 12.0. The molecule has 1 N–H and O–H groups in total. The molecule has 0 aliphatic carbocycles. The average molecular weight is 337 g/mol. The molecule has 0 bridgehead atoms. The van der Waals surface area contributed by atoms with Crippen LogP contribution in [0.25, 0.3) is 0 Å². The van der Waals surface area contributed by atoms with Crippen molar-refractivity contribution in [1.29, 1.82) is 5.26 Å². The Labute approximate surface area is 127 Å². The third kappa shape index (κ3) is 5.77. The fourth-order valence-corrected chi connectivity index (χ4v) is 2.61. The summed E-state index contributed by atoms with van der Waals surface area (Å²) in [6, 6.07) is 8.30. The van der Waals surface area contributed by atoms with Gasteiger partial charge in [-0.05, 0) is 0 Å². The normalized spacial score (nSPS) is 11.9. The molecule has 20 heavy (non-hydrogen) atoms. The van der Waals surface area contributed by atoms with E-state index in [9.17, 15) is 4.79 Å². The molecule has 0 aromatic heterocycles. The van der Waals surface area contributed by atoms with Gasteiger partial charge in [0.15, 0.2) is 0 Å². The Kier molecular flexibility index (Phi) is 7.36. The number of nitrogens with one attached hydrogen (secondary N) is 1. The van der Waals surface area contributed by atoms with Crippen molar-refractivity contribution in [3.63, 3.8) is 0 Å². The van der Waals surface area contributed by atoms with Crippen molar-refractivity contribution < 1.29 is 4.79 Å². The first kappa shape index (κ1) is 16.8. The predicted octanol–water partition coefficient (Wildman–Crippen LogP) is 2.71. The number of hydrogen-bond acceptors (Lipinski definition) is 2. The standard InChI is InChI=1S/C16H22N2OSe/c1-12(2)10-14-4-6-15(7-5-14)13(3)16(19)18-8-9-20-11-17/h4-7,12-13H,8-10H2,1-3H3,(H,18,19). The minimum atomic E-state index is -0.141. The fourth-order valence-electron chi connectivity index (χ4n) is 1.99. The third-order valence-corrected chi connectivity index (χ3v) is 4.21. The van der Waals surface area contributed by atoms with Crippen LogP contribution < -0.4 is 5.32 Å². The van der Waals surface area contributed by atoms with Crippen molar-refractivity contribution in [1.82, 2.24) is 5.32 Å². The summed E-state index contributed by atoms with van der Waals surface area (Å²) in [5, 5.41) is 12.1. The molecule has 1 amide bonds. The molecular formula is C16H22N2OSe. The van der Waals surface area contributed by atoms with Crippen molar-refractivity contribution >= 4 is 20.9 Å². The van der Waals surface area contributed by atoms with E-state index < -0.39 is 0 Å². The molecule has 0 saturated heterocycles. The number of benzene rings is 1. The zero-order valence-electron chi connectivity index (χ0n) is 12.3. The van der Waals surface area contributed by atoms with Crippen LogP contribution in [0.5, 0.6) is 0 Å². The Hall–Kier alpha value is -1.30. The van der Waals surface area contributed by atoms with Gasteiger partial charge >= 0.3 is 127 Å². The topological polar surface area (TPSA) is 52.9 Å². The summed E-state index contributed by atoms with van der Waals surface area (Å²) in [6.07, 6.45) is 1.07. The minimum absolute atomic E-state index is 0.0188. The van der Waals surface area contributed by atoms with Gasteiger partial charge in [0.1, 0.15) is 0 Å². The van der Waals surface area contributed by atoms with Gasteiger partial charge in [0, 0.05) is 0 Å². The van der Waals surface area contributed by atoms with E-state index in [1.54, 1.807) is 0 Å². The summed E-state index contributed by atoms with van der Waals surface area (Å²) in [5.74, 6) is 0.539. The molecule has 1 aromatic rings. The maximum atomic E-state index is 12.0. The van der Waals surface area contributed by atoms with E-state index >= 15 is 0 Å². The van der Waals surface area contributed by atoms with Crippen LogP contribution in [0, 0.1) is 16.1 Å². The molecule has 1 atom stereocenters. The van der Waals surface area contributed by atoms with Crippen molar-refractivity contribution in [2.45, 2.75) is 38.4 Å². The van der Waals surface area contributed by atoms with Gasteiger partial charge in [-0.1, -0.05) is 0 Å². The van der Waals surface area contributed by atoms with E-state index in [1.165, 1.54) is 5.56 Å². The van der Waals surface area contributed by atoms with Crippen molar-refractivity contribution in [3.05, 3.63) is 35.4 Å². The van der Waals surface area contributed by atoms with Crippen molar-refractivity contribution in [3.8, 4) is 4.97 Å². The summed E-state index contributed by atoms with van der Waals surface area (Å²) in [5.41, 5.74) is 2.36. The third-order valence-electron chi connectivity index (χ3n) is 3.08. The number of hydrogen-bond donors (Lipinski definition) is 1. The molecule has 0 fully saturated rings. The predicted molar refractivity (Wildman–Crippen MR) is 82.6 cm³/mol. The molecule has 0 aliphatic heterocycles. The second kappa shape index (κ2) is 8.79. The van der Waals surface area contributed by atoms with Gasteiger partial charge in [0.2, 0.25) is 0 Å². The van der Waals surface area contributed by atoms with E-state index in [1.807, 2.05) is 19.1 Å². The van der Waals surface area contributed by atoms with Crippen LogP contribution in [0.4, 0.5) is 0 Å². The van der Waals surface area contributed by atoms with Crippen molar-refractivity contribution in [2.75, 3.05) is 6.54 Å². The number of rotatable bonds is 7. The monoisotopic (exact) mass is 338 g/mol. The summed E-state index contributed by atoms with van der Waals surface area (Å²) >= 11 is -0.0188. The Morgan fingerprint density at radius 1 is 1.30 bits per heavy atom. The van der Waals surface area contributed by atoms with Gasteiger partial charge in [-0.15, -0.1) is 0 Å². The van der Waals surface area contributed by atoms with Gasteiger partial charge in [0.05, 0.1) is 0 Å². The van der Waals surface area contributed by atoms with Gasteiger partial charge in [-0.25, -0.2) is 0 Å². The van der Waals surface area contributed by atoms with E-state index in [0.29, 0.717) is 12.5 Å². The van der Waals surface area contributed by atoms with Gasteiger partial charge in [-0.2, -0.15) is 0 Å². The first-order valence-electron chi connectivity index (χ1n) is 6.92. The second-order valence-corrected chi connectivity index (χ2v) is 7.14. The van der Waals surface area contributed by atoms with Crippen LogP contribution in [0.3, 0.4) is 0 Å². The quantitative estimate of drug-likeness (QED) is 0.614. The average Bonchev–Trinajstić information content (AvgIpc) is 2.43. The summed E-state index contributed by atoms with van der Waals surface area (Å²) in [4.78, 5) is 14.1. The molecule has 4 heteroatoms. The number of carbonyl (C=O) groups excluding carboxylic acids is 1. The van der Waals surface area contributed by atoms with Crippen LogP contribution in [0.2, 0.25) is 5.32 Å². The number of amides is 1. The van der Waals surface area contributed by atoms with E-state index in [-0.39, 0.29) is 26.8 Å². The van der Waals surface area contributed by atoms with Crippen LogP contribution in [-0.2, 0) is 11.2 Å². The molecule has 0 heterocycles. The number of nitrogens with zero attached hydrogens (tertiary/aromatic N) is 1. The molecule has 3 nitrogen and oxygen atoms in total. The zero-order valence-corrected chi connectivity index (χ0v) is 14.1. The Morgan fingerprint density at radius 3 is 2.50 bits per heavy atom.